The highest BCUT2D eigenvalue weighted by molar-refractivity contribution is 7.89. The first kappa shape index (κ1) is 15.2. The van der Waals surface area contributed by atoms with Gasteiger partial charge in [-0.3, -0.25) is 0 Å². The molecule has 1 saturated heterocycles. The molecule has 1 aliphatic heterocycles. The van der Waals surface area contributed by atoms with Gasteiger partial charge in [0.05, 0.1) is 5.75 Å². The van der Waals surface area contributed by atoms with E-state index < -0.39 is 10.0 Å². The quantitative estimate of drug-likeness (QED) is 0.734. The van der Waals surface area contributed by atoms with Gasteiger partial charge in [0.2, 0.25) is 10.0 Å². The number of likely N-dealkylation sites (tertiary alicyclic amines) is 1. The van der Waals surface area contributed by atoms with Gasteiger partial charge in [0.25, 0.3) is 0 Å². The van der Waals surface area contributed by atoms with Crippen molar-refractivity contribution < 1.29 is 8.42 Å². The Morgan fingerprint density at radius 3 is 2.42 bits per heavy atom. The fraction of sp³-hybridized carbons (Fsp3) is 1.00. The summed E-state index contributed by atoms with van der Waals surface area (Å²) in [5.41, 5.74) is 0. The van der Waals surface area contributed by atoms with Crippen LogP contribution >= 0.6 is 0 Å². The van der Waals surface area contributed by atoms with Crippen LogP contribution in [0.4, 0.5) is 0 Å². The van der Waals surface area contributed by atoms with Crippen molar-refractivity contribution in [2.45, 2.75) is 31.7 Å². The van der Waals surface area contributed by atoms with Crippen LogP contribution in [0.25, 0.3) is 0 Å². The molecule has 6 heteroatoms. The van der Waals surface area contributed by atoms with Gasteiger partial charge in [0, 0.05) is 26.2 Å². The monoisotopic (exact) mass is 289 g/mol. The summed E-state index contributed by atoms with van der Waals surface area (Å²) in [5.74, 6) is 0.750. The summed E-state index contributed by atoms with van der Waals surface area (Å²) in [4.78, 5) is 2.31. The van der Waals surface area contributed by atoms with Crippen LogP contribution in [0.3, 0.4) is 0 Å². The molecule has 0 unspecified atom stereocenters. The van der Waals surface area contributed by atoms with Crippen LogP contribution in [-0.4, -0.2) is 69.7 Å². The average Bonchev–Trinajstić information content (AvgIpc) is 3.16. The highest BCUT2D eigenvalue weighted by Crippen LogP contribution is 2.19. The van der Waals surface area contributed by atoms with Gasteiger partial charge in [-0.25, -0.2) is 12.7 Å². The Hall–Kier alpha value is -0.170. The number of rotatable bonds is 7. The van der Waals surface area contributed by atoms with Crippen molar-refractivity contribution in [2.24, 2.45) is 5.92 Å². The minimum atomic E-state index is -3.08. The van der Waals surface area contributed by atoms with Crippen molar-refractivity contribution in [1.29, 1.82) is 0 Å². The zero-order chi connectivity index (χ0) is 13.9. The van der Waals surface area contributed by atoms with Crippen LogP contribution in [0, 0.1) is 5.92 Å². The van der Waals surface area contributed by atoms with E-state index in [1.165, 1.54) is 12.8 Å². The molecule has 0 amide bonds. The number of nitrogens with one attached hydrogen (secondary N) is 1. The number of hydrogen-bond acceptors (Lipinski definition) is 4. The van der Waals surface area contributed by atoms with Crippen LogP contribution in [0.1, 0.15) is 25.7 Å². The summed E-state index contributed by atoms with van der Waals surface area (Å²) in [7, 11) is 0.768. The lowest BCUT2D eigenvalue weighted by Gasteiger charge is -2.31. The molecule has 0 radical (unpaired) electrons. The van der Waals surface area contributed by atoms with E-state index in [1.54, 1.807) is 11.4 Å². The SMILES string of the molecule is CN1CCC(CN(C)S(=O)(=O)CCNC2CC2)CC1. The Balaban J connectivity index is 1.71. The lowest BCUT2D eigenvalue weighted by molar-refractivity contribution is 0.202. The number of sulfonamides is 1. The van der Waals surface area contributed by atoms with Gasteiger partial charge in [-0.15, -0.1) is 0 Å². The molecular formula is C13H27N3O2S. The Labute approximate surface area is 117 Å². The lowest BCUT2D eigenvalue weighted by atomic mass is 9.97. The molecule has 1 saturated carbocycles. The summed E-state index contributed by atoms with van der Waals surface area (Å²) in [5, 5.41) is 3.26. The molecular weight excluding hydrogens is 262 g/mol. The number of nitrogens with zero attached hydrogens (tertiary/aromatic N) is 2. The molecule has 1 heterocycles. The second-order valence-corrected chi connectivity index (χ2v) is 8.27. The van der Waals surface area contributed by atoms with Gasteiger partial charge in [-0.1, -0.05) is 0 Å². The standard InChI is InChI=1S/C13H27N3O2S/c1-15-8-5-12(6-9-15)11-16(2)19(17,18)10-7-14-13-3-4-13/h12-14H,3-11H2,1-2H3. The molecule has 1 aliphatic carbocycles. The summed E-state index contributed by atoms with van der Waals surface area (Å²) in [6, 6.07) is 0.578. The van der Waals surface area contributed by atoms with Crippen molar-refractivity contribution in [3.05, 3.63) is 0 Å². The van der Waals surface area contributed by atoms with E-state index in [9.17, 15) is 8.42 Å². The normalized spacial score (nSPS) is 23.1. The first-order valence-electron chi connectivity index (χ1n) is 7.33. The third kappa shape index (κ3) is 5.02. The lowest BCUT2D eigenvalue weighted by Crippen LogP contribution is -2.40. The first-order chi connectivity index (χ1) is 8.97. The first-order valence-corrected chi connectivity index (χ1v) is 8.94. The Bertz CT molecular complexity index is 373. The molecule has 0 aromatic carbocycles. The summed E-state index contributed by atoms with van der Waals surface area (Å²) < 4.78 is 25.9. The third-order valence-corrected chi connectivity index (χ3v) is 6.02. The zero-order valence-corrected chi connectivity index (χ0v) is 13.0. The predicted octanol–water partition coefficient (Wildman–Crippen LogP) is 0.342. The third-order valence-electron chi connectivity index (χ3n) is 4.20. The van der Waals surface area contributed by atoms with Crippen molar-refractivity contribution in [1.82, 2.24) is 14.5 Å². The molecule has 2 rings (SSSR count). The van der Waals surface area contributed by atoms with E-state index in [0.29, 0.717) is 25.0 Å². The molecule has 0 atom stereocenters. The molecule has 0 aromatic heterocycles. The van der Waals surface area contributed by atoms with Crippen molar-refractivity contribution in [2.75, 3.05) is 46.0 Å². The van der Waals surface area contributed by atoms with Crippen molar-refractivity contribution >= 4 is 10.0 Å². The second-order valence-electron chi connectivity index (χ2n) is 6.07. The van der Waals surface area contributed by atoms with Crippen LogP contribution in [0.5, 0.6) is 0 Å². The molecule has 2 aliphatic rings. The highest BCUT2D eigenvalue weighted by atomic mass is 32.2. The molecule has 0 spiro atoms. The van der Waals surface area contributed by atoms with Crippen molar-refractivity contribution in [3.8, 4) is 0 Å². The molecule has 19 heavy (non-hydrogen) atoms. The van der Waals surface area contributed by atoms with Crippen LogP contribution in [-0.2, 0) is 10.0 Å². The van der Waals surface area contributed by atoms with Gasteiger partial charge in [0.1, 0.15) is 0 Å². The highest BCUT2D eigenvalue weighted by Gasteiger charge is 2.25. The number of piperidine rings is 1. The fourth-order valence-electron chi connectivity index (χ4n) is 2.56. The zero-order valence-electron chi connectivity index (χ0n) is 12.1. The van der Waals surface area contributed by atoms with Gasteiger partial charge in [0.15, 0.2) is 0 Å². The van der Waals surface area contributed by atoms with Gasteiger partial charge in [-0.05, 0) is 51.7 Å². The molecule has 0 bridgehead atoms. The fourth-order valence-corrected chi connectivity index (χ4v) is 3.68. The topological polar surface area (TPSA) is 52.7 Å². The van der Waals surface area contributed by atoms with E-state index >= 15 is 0 Å². The minimum absolute atomic E-state index is 0.229. The largest absolute Gasteiger partial charge is 0.313 e. The van der Waals surface area contributed by atoms with E-state index in [-0.39, 0.29) is 5.75 Å². The van der Waals surface area contributed by atoms with E-state index in [0.717, 1.165) is 25.9 Å². The van der Waals surface area contributed by atoms with E-state index in [4.69, 9.17) is 0 Å². The van der Waals surface area contributed by atoms with Crippen LogP contribution in [0.2, 0.25) is 0 Å². The van der Waals surface area contributed by atoms with E-state index in [2.05, 4.69) is 17.3 Å². The van der Waals surface area contributed by atoms with Crippen molar-refractivity contribution in [3.63, 3.8) is 0 Å². The van der Waals surface area contributed by atoms with Gasteiger partial charge in [-0.2, -0.15) is 0 Å². The summed E-state index contributed by atoms with van der Waals surface area (Å²) in [6.45, 7) is 3.44. The Morgan fingerprint density at radius 2 is 1.84 bits per heavy atom. The van der Waals surface area contributed by atoms with Crippen LogP contribution < -0.4 is 5.32 Å². The van der Waals surface area contributed by atoms with E-state index in [1.807, 2.05) is 0 Å². The smallest absolute Gasteiger partial charge is 0.215 e. The molecule has 1 N–H and O–H groups in total. The molecule has 0 aromatic rings. The Morgan fingerprint density at radius 1 is 1.21 bits per heavy atom. The van der Waals surface area contributed by atoms with Gasteiger partial charge < -0.3 is 10.2 Å². The maximum absolute atomic E-state index is 12.1. The average molecular weight is 289 g/mol. The summed E-state index contributed by atoms with van der Waals surface area (Å²) in [6.07, 6.45) is 4.62. The predicted molar refractivity (Wildman–Crippen MR) is 77.7 cm³/mol. The Kier molecular flexibility index (Phi) is 5.22. The summed E-state index contributed by atoms with van der Waals surface area (Å²) >= 11 is 0. The molecule has 2 fully saturated rings. The van der Waals surface area contributed by atoms with Crippen LogP contribution in [0.15, 0.2) is 0 Å². The van der Waals surface area contributed by atoms with Gasteiger partial charge >= 0.3 is 0 Å². The second kappa shape index (κ2) is 6.52. The maximum atomic E-state index is 12.1. The molecule has 112 valence electrons. The minimum Gasteiger partial charge on any atom is -0.313 e. The molecule has 5 nitrogen and oxygen atoms in total. The number of hydrogen-bond donors (Lipinski definition) is 1. The maximum Gasteiger partial charge on any atom is 0.215 e.